The molecule has 1 amide bonds. The van der Waals surface area contributed by atoms with Gasteiger partial charge in [-0.25, -0.2) is 0 Å². The summed E-state index contributed by atoms with van der Waals surface area (Å²) in [4.78, 5) is 28.8. The lowest BCUT2D eigenvalue weighted by Gasteiger charge is -2.20. The molecule has 0 fully saturated rings. The molecule has 2 aromatic carbocycles. The minimum atomic E-state index is -0.248. The zero-order valence-corrected chi connectivity index (χ0v) is 20.1. The molecular weight excluding hydrogens is 402 g/mol. The second kappa shape index (κ2) is 12.7. The summed E-state index contributed by atoms with van der Waals surface area (Å²) >= 11 is 0. The molecule has 0 aromatic heterocycles. The maximum absolute atomic E-state index is 13.2. The van der Waals surface area contributed by atoms with Crippen LogP contribution in [0.15, 0.2) is 48.5 Å². The van der Waals surface area contributed by atoms with Gasteiger partial charge in [-0.3, -0.25) is 9.59 Å². The van der Waals surface area contributed by atoms with Gasteiger partial charge in [-0.2, -0.15) is 0 Å². The predicted octanol–water partition coefficient (Wildman–Crippen LogP) is 5.05. The predicted molar refractivity (Wildman–Crippen MR) is 133 cm³/mol. The van der Waals surface area contributed by atoms with Gasteiger partial charge >= 0.3 is 5.97 Å². The van der Waals surface area contributed by atoms with Crippen molar-refractivity contribution in [3.63, 3.8) is 0 Å². The molecule has 0 saturated carbocycles. The maximum Gasteiger partial charge on any atom is 0.305 e. The number of benzene rings is 2. The number of carbonyl (C=O) groups is 2. The summed E-state index contributed by atoms with van der Waals surface area (Å²) in [6.07, 6.45) is 3.69. The third-order valence-corrected chi connectivity index (χ3v) is 5.46. The lowest BCUT2D eigenvalue weighted by molar-refractivity contribution is -0.143. The lowest BCUT2D eigenvalue weighted by Crippen LogP contribution is -2.21. The summed E-state index contributed by atoms with van der Waals surface area (Å²) in [6.45, 7) is 2.23. The Labute approximate surface area is 192 Å². The van der Waals surface area contributed by atoms with Crippen LogP contribution in [0, 0.1) is 0 Å². The largest absolute Gasteiger partial charge is 0.466 e. The highest BCUT2D eigenvalue weighted by atomic mass is 16.5. The number of anilines is 3. The van der Waals surface area contributed by atoms with E-state index in [1.54, 1.807) is 0 Å². The van der Waals surface area contributed by atoms with E-state index in [1.807, 2.05) is 93.4 Å². The van der Waals surface area contributed by atoms with E-state index in [4.69, 9.17) is 4.74 Å². The van der Waals surface area contributed by atoms with E-state index in [9.17, 15) is 9.59 Å². The first-order valence-electron chi connectivity index (χ1n) is 11.3. The number of nitrogens with one attached hydrogen (secondary N) is 1. The van der Waals surface area contributed by atoms with Crippen LogP contribution in [0.3, 0.4) is 0 Å². The fraction of sp³-hybridized carbons (Fsp3) is 0.462. The van der Waals surface area contributed by atoms with Gasteiger partial charge in [0, 0.05) is 51.7 Å². The van der Waals surface area contributed by atoms with Crippen LogP contribution in [0.25, 0.3) is 0 Å². The molecule has 0 aliphatic carbocycles. The smallest absolute Gasteiger partial charge is 0.305 e. The van der Waals surface area contributed by atoms with Crippen molar-refractivity contribution in [1.82, 2.24) is 0 Å². The van der Waals surface area contributed by atoms with E-state index in [-0.39, 0.29) is 17.8 Å². The SMILES string of the molecule is CCOC(=O)CCCCC[C@H](C(=O)Nc1ccc(N(C)C)cc1)c1ccc(N(C)C)cc1. The van der Waals surface area contributed by atoms with Crippen LogP contribution in [-0.4, -0.2) is 46.7 Å². The molecule has 6 heteroatoms. The standard InChI is InChI=1S/C26H37N3O3/c1-6-32-25(30)11-9-7-8-10-24(20-12-16-22(17-13-20)28(2)3)26(31)27-21-14-18-23(19-15-21)29(4)5/h12-19,24H,6-11H2,1-5H3,(H,27,31)/t24-/m0/s1. The van der Waals surface area contributed by atoms with Crippen molar-refractivity contribution in [2.45, 2.75) is 44.9 Å². The molecule has 0 bridgehead atoms. The van der Waals surface area contributed by atoms with E-state index in [0.717, 1.165) is 48.3 Å². The van der Waals surface area contributed by atoms with E-state index < -0.39 is 0 Å². The molecule has 174 valence electrons. The monoisotopic (exact) mass is 439 g/mol. The first-order valence-corrected chi connectivity index (χ1v) is 11.3. The van der Waals surface area contributed by atoms with Crippen LogP contribution >= 0.6 is 0 Å². The molecular formula is C26H37N3O3. The molecule has 0 radical (unpaired) electrons. The number of hydrogen-bond acceptors (Lipinski definition) is 5. The van der Waals surface area contributed by atoms with Crippen molar-refractivity contribution in [3.8, 4) is 0 Å². The number of rotatable bonds is 12. The van der Waals surface area contributed by atoms with Gasteiger partial charge in [0.2, 0.25) is 5.91 Å². The van der Waals surface area contributed by atoms with Crippen LogP contribution in [0.4, 0.5) is 17.1 Å². The number of unbranched alkanes of at least 4 members (excludes halogenated alkanes) is 2. The van der Waals surface area contributed by atoms with Gasteiger partial charge in [0.25, 0.3) is 0 Å². The van der Waals surface area contributed by atoms with Gasteiger partial charge < -0.3 is 19.9 Å². The van der Waals surface area contributed by atoms with Crippen molar-refractivity contribution < 1.29 is 14.3 Å². The molecule has 2 rings (SSSR count). The fourth-order valence-electron chi connectivity index (χ4n) is 3.55. The Morgan fingerprint density at radius 3 is 1.94 bits per heavy atom. The average Bonchev–Trinajstić information content (AvgIpc) is 2.76. The number of ether oxygens (including phenoxy) is 1. The molecule has 0 aliphatic heterocycles. The highest BCUT2D eigenvalue weighted by molar-refractivity contribution is 5.96. The Morgan fingerprint density at radius 2 is 1.41 bits per heavy atom. The highest BCUT2D eigenvalue weighted by Crippen LogP contribution is 2.27. The average molecular weight is 440 g/mol. The lowest BCUT2D eigenvalue weighted by atomic mass is 9.91. The second-order valence-corrected chi connectivity index (χ2v) is 8.37. The Hall–Kier alpha value is -3.02. The Kier molecular flexibility index (Phi) is 10.1. The summed E-state index contributed by atoms with van der Waals surface area (Å²) in [6, 6.07) is 16.0. The van der Waals surface area contributed by atoms with Crippen molar-refractivity contribution >= 4 is 28.9 Å². The third-order valence-electron chi connectivity index (χ3n) is 5.46. The first-order chi connectivity index (χ1) is 15.3. The summed E-state index contributed by atoms with van der Waals surface area (Å²) in [5, 5.41) is 3.08. The molecule has 2 aromatic rings. The van der Waals surface area contributed by atoms with Gasteiger partial charge in [-0.15, -0.1) is 0 Å². The molecule has 0 saturated heterocycles. The van der Waals surface area contributed by atoms with Gasteiger partial charge in [-0.05, 0) is 61.7 Å². The van der Waals surface area contributed by atoms with E-state index in [2.05, 4.69) is 5.32 Å². The molecule has 6 nitrogen and oxygen atoms in total. The topological polar surface area (TPSA) is 61.9 Å². The van der Waals surface area contributed by atoms with Gasteiger partial charge in [0.05, 0.1) is 12.5 Å². The Balaban J connectivity index is 2.05. The number of carbonyl (C=O) groups excluding carboxylic acids is 2. The number of esters is 1. The summed E-state index contributed by atoms with van der Waals surface area (Å²) in [5.41, 5.74) is 3.98. The zero-order chi connectivity index (χ0) is 23.5. The van der Waals surface area contributed by atoms with Crippen LogP contribution in [0.1, 0.15) is 50.5 Å². The first kappa shape index (κ1) is 25.2. The molecule has 0 unspecified atom stereocenters. The van der Waals surface area contributed by atoms with Crippen LogP contribution in [-0.2, 0) is 14.3 Å². The quantitative estimate of drug-likeness (QED) is 0.370. The van der Waals surface area contributed by atoms with E-state index in [1.165, 1.54) is 0 Å². The number of hydrogen-bond donors (Lipinski definition) is 1. The van der Waals surface area contributed by atoms with Crippen molar-refractivity contribution in [2.24, 2.45) is 0 Å². The minimum absolute atomic E-state index is 0.00870. The highest BCUT2D eigenvalue weighted by Gasteiger charge is 2.21. The zero-order valence-electron chi connectivity index (χ0n) is 20.1. The number of amides is 1. The second-order valence-electron chi connectivity index (χ2n) is 8.37. The summed E-state index contributed by atoms with van der Waals surface area (Å²) < 4.78 is 4.99. The molecule has 1 atom stereocenters. The van der Waals surface area contributed by atoms with Crippen LogP contribution < -0.4 is 15.1 Å². The fourth-order valence-corrected chi connectivity index (χ4v) is 3.55. The van der Waals surface area contributed by atoms with Gasteiger partial charge in [0.1, 0.15) is 0 Å². The van der Waals surface area contributed by atoms with Gasteiger partial charge in [0.15, 0.2) is 0 Å². The third kappa shape index (κ3) is 7.91. The van der Waals surface area contributed by atoms with Crippen LogP contribution in [0.5, 0.6) is 0 Å². The van der Waals surface area contributed by atoms with Crippen molar-refractivity contribution in [3.05, 3.63) is 54.1 Å². The molecule has 0 aliphatic rings. The maximum atomic E-state index is 13.2. The molecule has 0 heterocycles. The Morgan fingerprint density at radius 1 is 0.844 bits per heavy atom. The van der Waals surface area contributed by atoms with Gasteiger partial charge in [-0.1, -0.05) is 25.0 Å². The minimum Gasteiger partial charge on any atom is -0.466 e. The normalized spacial score (nSPS) is 11.5. The summed E-state index contributed by atoms with van der Waals surface area (Å²) in [5.74, 6) is -0.407. The molecule has 32 heavy (non-hydrogen) atoms. The summed E-state index contributed by atoms with van der Waals surface area (Å²) in [7, 11) is 7.98. The molecule has 0 spiro atoms. The van der Waals surface area contributed by atoms with E-state index >= 15 is 0 Å². The number of nitrogens with zero attached hydrogens (tertiary/aromatic N) is 2. The van der Waals surface area contributed by atoms with E-state index in [0.29, 0.717) is 13.0 Å². The van der Waals surface area contributed by atoms with Crippen LogP contribution in [0.2, 0.25) is 0 Å². The Bertz CT molecular complexity index is 846. The van der Waals surface area contributed by atoms with Crippen molar-refractivity contribution in [2.75, 3.05) is 49.9 Å². The van der Waals surface area contributed by atoms with Crippen molar-refractivity contribution in [1.29, 1.82) is 0 Å². The molecule has 1 N–H and O–H groups in total.